The molecule has 0 amide bonds. The van der Waals surface area contributed by atoms with E-state index in [1.807, 2.05) is 0 Å². The summed E-state index contributed by atoms with van der Waals surface area (Å²) < 4.78 is 0. The standard InChI is InChI=1S/C15H32O2Si/c1-8-9-10-14(18(5,6)7)15(4,17)13(16)11-12(2)3/h10,12-13,16-17H,8-9,11H2,1-7H3/b14-10+/t13-,15-/m1/s1. The van der Waals surface area contributed by atoms with Crippen LogP contribution in [0.15, 0.2) is 11.3 Å². The lowest BCUT2D eigenvalue weighted by atomic mass is 9.91. The van der Waals surface area contributed by atoms with Crippen LogP contribution < -0.4 is 0 Å². The molecule has 0 aliphatic heterocycles. The molecule has 0 rings (SSSR count). The molecule has 0 aliphatic rings. The van der Waals surface area contributed by atoms with Crippen molar-refractivity contribution >= 4 is 8.07 Å². The third-order valence-corrected chi connectivity index (χ3v) is 5.66. The molecule has 18 heavy (non-hydrogen) atoms. The van der Waals surface area contributed by atoms with Crippen molar-refractivity contribution in [1.29, 1.82) is 0 Å². The summed E-state index contributed by atoms with van der Waals surface area (Å²) >= 11 is 0. The predicted octanol–water partition coefficient (Wildman–Crippen LogP) is 3.75. The summed E-state index contributed by atoms with van der Waals surface area (Å²) in [5.74, 6) is 0.389. The summed E-state index contributed by atoms with van der Waals surface area (Å²) in [6.07, 6.45) is 4.18. The first-order chi connectivity index (χ1) is 8.03. The van der Waals surface area contributed by atoms with Gasteiger partial charge in [0.2, 0.25) is 0 Å². The second kappa shape index (κ2) is 6.87. The Balaban J connectivity index is 5.20. The number of allylic oxidation sites excluding steroid dienone is 1. The Morgan fingerprint density at radius 1 is 1.28 bits per heavy atom. The zero-order valence-electron chi connectivity index (χ0n) is 13.2. The molecule has 0 aliphatic carbocycles. The van der Waals surface area contributed by atoms with Crippen LogP contribution in [0.3, 0.4) is 0 Å². The molecule has 108 valence electrons. The van der Waals surface area contributed by atoms with Crippen molar-refractivity contribution in [1.82, 2.24) is 0 Å². The molecule has 0 radical (unpaired) electrons. The minimum atomic E-state index is -1.62. The monoisotopic (exact) mass is 272 g/mol. The topological polar surface area (TPSA) is 40.5 Å². The Morgan fingerprint density at radius 3 is 2.11 bits per heavy atom. The van der Waals surface area contributed by atoms with Gasteiger partial charge in [0.05, 0.1) is 14.2 Å². The fraction of sp³-hybridized carbons (Fsp3) is 0.867. The number of aliphatic hydroxyl groups excluding tert-OH is 1. The zero-order chi connectivity index (χ0) is 14.6. The molecular weight excluding hydrogens is 240 g/mol. The second-order valence-electron chi connectivity index (χ2n) is 6.95. The highest BCUT2D eigenvalue weighted by Crippen LogP contribution is 2.32. The van der Waals surface area contributed by atoms with Crippen molar-refractivity contribution in [3.05, 3.63) is 11.3 Å². The van der Waals surface area contributed by atoms with Crippen LogP contribution in [0.25, 0.3) is 0 Å². The SMILES string of the molecule is CCC/C=C(\[C@](C)(O)[C@H](O)CC(C)C)[Si](C)(C)C. The average Bonchev–Trinajstić information content (AvgIpc) is 2.14. The van der Waals surface area contributed by atoms with Gasteiger partial charge in [-0.1, -0.05) is 58.1 Å². The normalized spacial score (nSPS) is 18.9. The molecule has 2 N–H and O–H groups in total. The summed E-state index contributed by atoms with van der Waals surface area (Å²) in [6.45, 7) is 14.7. The maximum atomic E-state index is 10.8. The molecule has 2 nitrogen and oxygen atoms in total. The Hall–Kier alpha value is -0.123. The molecule has 0 unspecified atom stereocenters. The molecule has 0 heterocycles. The van der Waals surface area contributed by atoms with Crippen LogP contribution in [0, 0.1) is 5.92 Å². The molecule has 0 aromatic heterocycles. The highest BCUT2D eigenvalue weighted by molar-refractivity contribution is 6.83. The predicted molar refractivity (Wildman–Crippen MR) is 82.4 cm³/mol. The molecule has 0 saturated heterocycles. The molecule has 2 atom stereocenters. The minimum Gasteiger partial charge on any atom is -0.390 e. The van der Waals surface area contributed by atoms with Gasteiger partial charge in [0.15, 0.2) is 0 Å². The Bertz CT molecular complexity index is 275. The van der Waals surface area contributed by atoms with E-state index in [0.29, 0.717) is 12.3 Å². The van der Waals surface area contributed by atoms with Crippen molar-refractivity contribution < 1.29 is 10.2 Å². The molecule has 0 aromatic rings. The van der Waals surface area contributed by atoms with E-state index in [1.165, 1.54) is 0 Å². The van der Waals surface area contributed by atoms with Gasteiger partial charge in [0.25, 0.3) is 0 Å². The number of aliphatic hydroxyl groups is 2. The fourth-order valence-electron chi connectivity index (χ4n) is 2.42. The van der Waals surface area contributed by atoms with Crippen LogP contribution in [0.4, 0.5) is 0 Å². The van der Waals surface area contributed by atoms with Gasteiger partial charge >= 0.3 is 0 Å². The number of rotatable bonds is 7. The lowest BCUT2D eigenvalue weighted by Crippen LogP contribution is -2.49. The fourth-order valence-corrected chi connectivity index (χ4v) is 4.86. The van der Waals surface area contributed by atoms with Gasteiger partial charge in [-0.3, -0.25) is 0 Å². The maximum Gasteiger partial charge on any atom is 0.105 e. The number of unbranched alkanes of at least 4 members (excludes halogenated alkanes) is 1. The molecule has 0 spiro atoms. The van der Waals surface area contributed by atoms with Crippen LogP contribution in [-0.2, 0) is 0 Å². The van der Waals surface area contributed by atoms with Crippen molar-refractivity contribution in [2.45, 2.75) is 78.3 Å². The van der Waals surface area contributed by atoms with Gasteiger partial charge in [0, 0.05) is 0 Å². The average molecular weight is 273 g/mol. The van der Waals surface area contributed by atoms with Gasteiger partial charge in [-0.05, 0) is 25.7 Å². The quantitative estimate of drug-likeness (QED) is 0.693. The molecule has 3 heteroatoms. The zero-order valence-corrected chi connectivity index (χ0v) is 14.2. The maximum absolute atomic E-state index is 10.8. The van der Waals surface area contributed by atoms with Crippen LogP contribution in [0.1, 0.15) is 47.0 Å². The Kier molecular flexibility index (Phi) is 6.83. The first-order valence-corrected chi connectivity index (χ1v) is 10.6. The largest absolute Gasteiger partial charge is 0.390 e. The highest BCUT2D eigenvalue weighted by Gasteiger charge is 2.40. The summed E-state index contributed by atoms with van der Waals surface area (Å²) in [5.41, 5.74) is -1.08. The third kappa shape index (κ3) is 5.25. The van der Waals surface area contributed by atoms with Gasteiger partial charge in [-0.25, -0.2) is 0 Å². The van der Waals surface area contributed by atoms with Crippen molar-refractivity contribution in [3.63, 3.8) is 0 Å². The smallest absolute Gasteiger partial charge is 0.105 e. The molecule has 0 aromatic carbocycles. The van der Waals surface area contributed by atoms with Crippen molar-refractivity contribution in [3.8, 4) is 0 Å². The van der Waals surface area contributed by atoms with Gasteiger partial charge in [-0.15, -0.1) is 0 Å². The van der Waals surface area contributed by atoms with Gasteiger partial charge < -0.3 is 10.2 Å². The third-order valence-electron chi connectivity index (χ3n) is 3.33. The van der Waals surface area contributed by atoms with Crippen LogP contribution in [0.5, 0.6) is 0 Å². The first kappa shape index (κ1) is 17.9. The van der Waals surface area contributed by atoms with Crippen LogP contribution in [0.2, 0.25) is 19.6 Å². The van der Waals surface area contributed by atoms with E-state index in [2.05, 4.69) is 46.5 Å². The van der Waals surface area contributed by atoms with Crippen molar-refractivity contribution in [2.24, 2.45) is 5.92 Å². The van der Waals surface area contributed by atoms with Crippen LogP contribution >= 0.6 is 0 Å². The Labute approximate surface area is 114 Å². The minimum absolute atomic E-state index is 0.389. The highest BCUT2D eigenvalue weighted by atomic mass is 28.3. The summed E-state index contributed by atoms with van der Waals surface area (Å²) in [6, 6.07) is 0. The van der Waals surface area contributed by atoms with E-state index in [-0.39, 0.29) is 0 Å². The lowest BCUT2D eigenvalue weighted by molar-refractivity contribution is -0.0399. The lowest BCUT2D eigenvalue weighted by Gasteiger charge is -2.38. The van der Waals surface area contributed by atoms with Crippen molar-refractivity contribution in [2.75, 3.05) is 0 Å². The van der Waals surface area contributed by atoms with E-state index < -0.39 is 19.8 Å². The first-order valence-electron chi connectivity index (χ1n) is 7.15. The number of hydrogen-bond acceptors (Lipinski definition) is 2. The molecule has 0 fully saturated rings. The second-order valence-corrected chi connectivity index (χ2v) is 12.0. The van der Waals surface area contributed by atoms with E-state index >= 15 is 0 Å². The molecule has 0 bridgehead atoms. The summed E-state index contributed by atoms with van der Waals surface area (Å²) in [4.78, 5) is 0. The molecular formula is C15H32O2Si. The van der Waals surface area contributed by atoms with E-state index in [4.69, 9.17) is 0 Å². The van der Waals surface area contributed by atoms with E-state index in [1.54, 1.807) is 6.92 Å². The number of hydrogen-bond donors (Lipinski definition) is 2. The van der Waals surface area contributed by atoms with E-state index in [0.717, 1.165) is 18.0 Å². The van der Waals surface area contributed by atoms with Gasteiger partial charge in [-0.2, -0.15) is 0 Å². The summed E-state index contributed by atoms with van der Waals surface area (Å²) in [5, 5.41) is 22.2. The van der Waals surface area contributed by atoms with Gasteiger partial charge in [0.1, 0.15) is 5.60 Å². The van der Waals surface area contributed by atoms with E-state index in [9.17, 15) is 10.2 Å². The Morgan fingerprint density at radius 2 is 1.78 bits per heavy atom. The molecule has 0 saturated carbocycles. The summed E-state index contributed by atoms with van der Waals surface area (Å²) in [7, 11) is -1.62. The van der Waals surface area contributed by atoms with Crippen LogP contribution in [-0.4, -0.2) is 30.0 Å².